The van der Waals surface area contributed by atoms with Gasteiger partial charge in [-0.25, -0.2) is 4.39 Å². The molecule has 0 spiro atoms. The monoisotopic (exact) mass is 595 g/mol. The van der Waals surface area contributed by atoms with Gasteiger partial charge in [-0.3, -0.25) is 9.11 Å². The maximum absolute atomic E-state index is 14.1. The van der Waals surface area contributed by atoms with Crippen LogP contribution in [0.5, 0.6) is 0 Å². The van der Waals surface area contributed by atoms with Gasteiger partial charge in [0.15, 0.2) is 6.54 Å². The van der Waals surface area contributed by atoms with Crippen LogP contribution >= 0.6 is 23.1 Å². The lowest BCUT2D eigenvalue weighted by Gasteiger charge is -2.19. The van der Waals surface area contributed by atoms with Crippen molar-refractivity contribution < 1.29 is 34.9 Å². The molecule has 38 heavy (non-hydrogen) atoms. The summed E-state index contributed by atoms with van der Waals surface area (Å²) in [6.07, 6.45) is 2.27. The van der Waals surface area contributed by atoms with Gasteiger partial charge >= 0.3 is 0 Å². The van der Waals surface area contributed by atoms with Crippen molar-refractivity contribution in [2.24, 2.45) is 0 Å². The van der Waals surface area contributed by atoms with E-state index in [1.165, 1.54) is 35.2 Å². The van der Waals surface area contributed by atoms with E-state index in [9.17, 15) is 30.3 Å². The number of rotatable bonds is 9. The van der Waals surface area contributed by atoms with Gasteiger partial charge in [0, 0.05) is 17.9 Å². The molecular formula is C25H24FN2O6S4+. The molecule has 5 rings (SSSR count). The Hall–Kier alpha value is -2.55. The van der Waals surface area contributed by atoms with Gasteiger partial charge in [-0.1, -0.05) is 47.4 Å². The lowest BCUT2D eigenvalue weighted by molar-refractivity contribution is -0.667. The highest BCUT2D eigenvalue weighted by molar-refractivity contribution is 8.04. The Morgan fingerprint density at radius 1 is 0.947 bits per heavy atom. The predicted octanol–water partition coefficient (Wildman–Crippen LogP) is 4.95. The number of aromatic nitrogens is 1. The number of thiazole rings is 1. The zero-order valence-electron chi connectivity index (χ0n) is 19.9. The summed E-state index contributed by atoms with van der Waals surface area (Å²) in [5.74, 6) is -1.21. The van der Waals surface area contributed by atoms with Crippen LogP contribution in [0, 0.1) is 5.82 Å². The summed E-state index contributed by atoms with van der Waals surface area (Å²) in [6.45, 7) is 0.577. The van der Waals surface area contributed by atoms with Crippen molar-refractivity contribution in [3.05, 3.63) is 70.5 Å². The second-order valence-electron chi connectivity index (χ2n) is 8.85. The minimum absolute atomic E-state index is 0.137. The van der Waals surface area contributed by atoms with Crippen molar-refractivity contribution in [1.29, 1.82) is 0 Å². The maximum Gasteiger partial charge on any atom is 0.265 e. The van der Waals surface area contributed by atoms with Crippen LogP contribution in [0.15, 0.2) is 64.5 Å². The summed E-state index contributed by atoms with van der Waals surface area (Å²) in [5, 5.41) is 3.61. The first-order chi connectivity index (χ1) is 18.0. The first-order valence-corrected chi connectivity index (χ1v) is 16.5. The number of fused-ring (bicyclic) bond motifs is 4. The van der Waals surface area contributed by atoms with E-state index in [2.05, 4.69) is 0 Å². The fraction of sp³-hybridized carbons (Fsp3) is 0.240. The molecule has 2 N–H and O–H groups in total. The highest BCUT2D eigenvalue weighted by Gasteiger charge is 2.29. The van der Waals surface area contributed by atoms with E-state index in [1.54, 1.807) is 6.07 Å². The van der Waals surface area contributed by atoms with Crippen molar-refractivity contribution in [3.8, 4) is 0 Å². The molecule has 0 saturated carbocycles. The number of nitrogens with zero attached hydrogens (tertiary/aromatic N) is 2. The van der Waals surface area contributed by atoms with Crippen LogP contribution in [0.25, 0.3) is 27.1 Å². The molecule has 0 bridgehead atoms. The molecule has 0 aliphatic carbocycles. The van der Waals surface area contributed by atoms with Crippen LogP contribution in [0.2, 0.25) is 0 Å². The van der Waals surface area contributed by atoms with Crippen LogP contribution in [0.3, 0.4) is 0 Å². The summed E-state index contributed by atoms with van der Waals surface area (Å²) < 4.78 is 81.0. The summed E-state index contributed by atoms with van der Waals surface area (Å²) >= 11 is 2.94. The normalized spacial score (nSPS) is 15.1. The van der Waals surface area contributed by atoms with E-state index in [-0.39, 0.29) is 25.1 Å². The first kappa shape index (κ1) is 27.0. The SMILES string of the molecule is O=S(=O)(O)CCCN1C(=Cc2sc3ccc4ccccc4c3[n+]2CCCS(=O)(=O)O)Sc2ccc(F)cc21. The molecule has 3 aromatic carbocycles. The van der Waals surface area contributed by atoms with Gasteiger partial charge < -0.3 is 4.90 Å². The van der Waals surface area contributed by atoms with Crippen molar-refractivity contribution in [1.82, 2.24) is 0 Å². The number of halogens is 1. The third-order valence-electron chi connectivity index (χ3n) is 6.12. The average Bonchev–Trinajstić information content (AvgIpc) is 3.35. The number of thioether (sulfide) groups is 1. The summed E-state index contributed by atoms with van der Waals surface area (Å²) in [4.78, 5) is 2.65. The van der Waals surface area contributed by atoms with E-state index >= 15 is 0 Å². The van der Waals surface area contributed by atoms with Crippen LogP contribution < -0.4 is 9.47 Å². The molecule has 13 heteroatoms. The molecular weight excluding hydrogens is 572 g/mol. The van der Waals surface area contributed by atoms with E-state index in [1.807, 2.05) is 51.9 Å². The third kappa shape index (κ3) is 6.03. The lowest BCUT2D eigenvalue weighted by atomic mass is 10.1. The van der Waals surface area contributed by atoms with E-state index in [4.69, 9.17) is 0 Å². The molecule has 0 unspecified atom stereocenters. The number of hydrogen-bond donors (Lipinski definition) is 2. The Kier molecular flexibility index (Phi) is 7.50. The molecule has 2 heterocycles. The minimum atomic E-state index is -4.14. The van der Waals surface area contributed by atoms with E-state index in [0.717, 1.165) is 35.9 Å². The highest BCUT2D eigenvalue weighted by atomic mass is 32.2. The Morgan fingerprint density at radius 3 is 2.45 bits per heavy atom. The Bertz CT molecular complexity index is 1780. The molecule has 1 aliphatic heterocycles. The standard InChI is InChI=1S/C25H23FN2O6S4/c26-18-8-10-21-20(15-18)27(11-3-13-37(29,30)31)23(35-21)16-24-28(12-4-14-38(32,33)34)25-19-6-2-1-5-17(19)7-9-22(25)36-24/h1-2,5-10,15-16H,3-4,11-14H2,(H-,29,30,31,32,33,34)/p+1. The van der Waals surface area contributed by atoms with Gasteiger partial charge in [-0.05, 0) is 42.1 Å². The fourth-order valence-corrected chi connectivity index (χ4v) is 7.84. The van der Waals surface area contributed by atoms with Gasteiger partial charge in [-0.15, -0.1) is 0 Å². The Morgan fingerprint density at radius 2 is 1.68 bits per heavy atom. The van der Waals surface area contributed by atoms with Crippen LogP contribution in [0.4, 0.5) is 10.1 Å². The second kappa shape index (κ2) is 10.5. The molecule has 200 valence electrons. The molecule has 0 saturated heterocycles. The quantitative estimate of drug-likeness (QED) is 0.206. The maximum atomic E-state index is 14.1. The van der Waals surface area contributed by atoms with Crippen molar-refractivity contribution in [2.75, 3.05) is 23.0 Å². The first-order valence-electron chi connectivity index (χ1n) is 11.7. The molecule has 4 aromatic rings. The van der Waals surface area contributed by atoms with Crippen molar-refractivity contribution in [2.45, 2.75) is 24.3 Å². The van der Waals surface area contributed by atoms with E-state index < -0.39 is 31.8 Å². The molecule has 1 aromatic heterocycles. The predicted molar refractivity (Wildman–Crippen MR) is 149 cm³/mol. The second-order valence-corrected chi connectivity index (χ2v) is 14.1. The van der Waals surface area contributed by atoms with E-state index in [0.29, 0.717) is 12.2 Å². The molecule has 1 aliphatic rings. The van der Waals surface area contributed by atoms with Gasteiger partial charge in [0.25, 0.3) is 25.2 Å². The van der Waals surface area contributed by atoms with Crippen LogP contribution in [-0.2, 0) is 26.8 Å². The number of benzene rings is 3. The summed E-state index contributed by atoms with van der Waals surface area (Å²) in [7, 11) is -8.27. The molecule has 0 atom stereocenters. The van der Waals surface area contributed by atoms with Gasteiger partial charge in [0.1, 0.15) is 10.5 Å². The minimum Gasteiger partial charge on any atom is -0.335 e. The number of aryl methyl sites for hydroxylation is 1. The molecule has 8 nitrogen and oxygen atoms in total. The largest absolute Gasteiger partial charge is 0.335 e. The zero-order valence-corrected chi connectivity index (χ0v) is 23.2. The highest BCUT2D eigenvalue weighted by Crippen LogP contribution is 2.47. The summed E-state index contributed by atoms with van der Waals surface area (Å²) in [5.41, 5.74) is 1.56. The molecule has 0 fully saturated rings. The number of anilines is 1. The van der Waals surface area contributed by atoms with Gasteiger partial charge in [0.2, 0.25) is 5.52 Å². The zero-order chi connectivity index (χ0) is 27.1. The average molecular weight is 596 g/mol. The number of hydrogen-bond acceptors (Lipinski definition) is 7. The van der Waals surface area contributed by atoms with Gasteiger partial charge in [-0.2, -0.15) is 21.4 Å². The van der Waals surface area contributed by atoms with Crippen LogP contribution in [0.1, 0.15) is 17.8 Å². The molecule has 0 amide bonds. The van der Waals surface area contributed by atoms with Crippen LogP contribution in [-0.4, -0.2) is 44.0 Å². The summed E-state index contributed by atoms with van der Waals surface area (Å²) in [6, 6.07) is 16.4. The van der Waals surface area contributed by atoms with Gasteiger partial charge in [0.05, 0.1) is 33.7 Å². The Balaban J connectivity index is 1.60. The third-order valence-corrected chi connectivity index (χ3v) is 9.94. The smallest absolute Gasteiger partial charge is 0.265 e. The van der Waals surface area contributed by atoms with Crippen molar-refractivity contribution in [3.63, 3.8) is 0 Å². The van der Waals surface area contributed by atoms with Crippen molar-refractivity contribution >= 4 is 76.1 Å². The topological polar surface area (TPSA) is 116 Å². The lowest BCUT2D eigenvalue weighted by Crippen LogP contribution is -2.36. The Labute approximate surface area is 227 Å². The fourth-order valence-electron chi connectivity index (χ4n) is 4.53. The molecule has 0 radical (unpaired) electrons.